The van der Waals surface area contributed by atoms with Crippen LogP contribution in [-0.2, 0) is 4.79 Å². The van der Waals surface area contributed by atoms with Gasteiger partial charge in [0.1, 0.15) is 5.78 Å². The Morgan fingerprint density at radius 2 is 1.79 bits per heavy atom. The average molecular weight is 333 g/mol. The van der Waals surface area contributed by atoms with Crippen LogP contribution in [-0.4, -0.2) is 17.5 Å². The maximum Gasteiger partial charge on any atom is 0.133 e. The fraction of sp³-hybridized carbons (Fsp3) is 0.955. The fourth-order valence-corrected chi connectivity index (χ4v) is 8.15. The third-order valence-corrected chi connectivity index (χ3v) is 9.53. The van der Waals surface area contributed by atoms with E-state index in [0.717, 1.165) is 37.0 Å². The molecule has 4 aliphatic carbocycles. The normalized spacial score (nSPS) is 52.3. The van der Waals surface area contributed by atoms with E-state index < -0.39 is 0 Å². The molecule has 4 rings (SSSR count). The summed E-state index contributed by atoms with van der Waals surface area (Å²) in [5, 5.41) is 9.72. The molecular weight excluding hydrogens is 296 g/mol. The van der Waals surface area contributed by atoms with Crippen LogP contribution in [0.1, 0.15) is 78.6 Å². The standard InChI is InChI=1S/C22H36O2/c1-14(13-23)18-6-7-19-17-5-4-15-12-16(24)8-10-21(15,2)20(17)9-11-22(18,19)3/h14-15,17-20,23H,4-13H2,1-3H3/t14-,15-,17+,18-,19+,20+,21+,22-/m1/s1. The van der Waals surface area contributed by atoms with Crippen molar-refractivity contribution in [3.05, 3.63) is 0 Å². The van der Waals surface area contributed by atoms with E-state index in [0.29, 0.717) is 41.0 Å². The maximum atomic E-state index is 12.0. The van der Waals surface area contributed by atoms with Gasteiger partial charge in [-0.15, -0.1) is 0 Å². The van der Waals surface area contributed by atoms with Crippen LogP contribution in [0.3, 0.4) is 0 Å². The molecule has 0 heterocycles. The number of aliphatic hydroxyl groups is 1. The van der Waals surface area contributed by atoms with Gasteiger partial charge in [0.05, 0.1) is 0 Å². The number of fused-ring (bicyclic) bond motifs is 5. The van der Waals surface area contributed by atoms with Crippen molar-refractivity contribution in [3.8, 4) is 0 Å². The molecule has 0 aromatic heterocycles. The summed E-state index contributed by atoms with van der Waals surface area (Å²) in [5.74, 6) is 4.96. The quantitative estimate of drug-likeness (QED) is 0.785. The first kappa shape index (κ1) is 17.1. The number of hydrogen-bond acceptors (Lipinski definition) is 2. The fourth-order valence-electron chi connectivity index (χ4n) is 8.15. The Bertz CT molecular complexity index is 514. The molecule has 0 aromatic carbocycles. The molecule has 24 heavy (non-hydrogen) atoms. The molecule has 0 aliphatic heterocycles. The zero-order valence-electron chi connectivity index (χ0n) is 15.9. The summed E-state index contributed by atoms with van der Waals surface area (Å²) in [6, 6.07) is 0. The molecule has 0 unspecified atom stereocenters. The predicted octanol–water partition coefficient (Wildman–Crippen LogP) is 4.84. The molecule has 0 saturated heterocycles. The minimum atomic E-state index is 0.350. The van der Waals surface area contributed by atoms with E-state index in [1.54, 1.807) is 0 Å². The van der Waals surface area contributed by atoms with Gasteiger partial charge in [-0.05, 0) is 91.3 Å². The number of hydrogen-bond donors (Lipinski definition) is 1. The van der Waals surface area contributed by atoms with Crippen molar-refractivity contribution < 1.29 is 9.90 Å². The second kappa shape index (κ2) is 5.83. The van der Waals surface area contributed by atoms with Crippen LogP contribution >= 0.6 is 0 Å². The second-order valence-electron chi connectivity index (χ2n) is 10.3. The summed E-state index contributed by atoms with van der Waals surface area (Å²) in [5.41, 5.74) is 0.885. The van der Waals surface area contributed by atoms with Gasteiger partial charge >= 0.3 is 0 Å². The van der Waals surface area contributed by atoms with Crippen molar-refractivity contribution in [2.75, 3.05) is 6.61 Å². The van der Waals surface area contributed by atoms with E-state index >= 15 is 0 Å². The van der Waals surface area contributed by atoms with E-state index in [1.165, 1.54) is 38.5 Å². The number of carbonyl (C=O) groups is 1. The second-order valence-corrected chi connectivity index (χ2v) is 10.3. The van der Waals surface area contributed by atoms with Gasteiger partial charge in [-0.1, -0.05) is 20.8 Å². The highest BCUT2D eigenvalue weighted by molar-refractivity contribution is 5.79. The Hall–Kier alpha value is -0.370. The van der Waals surface area contributed by atoms with Gasteiger partial charge < -0.3 is 5.11 Å². The number of carbonyl (C=O) groups excluding carboxylic acids is 1. The molecule has 2 heteroatoms. The lowest BCUT2D eigenvalue weighted by Gasteiger charge is -2.60. The molecule has 1 N–H and O–H groups in total. The van der Waals surface area contributed by atoms with Crippen LogP contribution < -0.4 is 0 Å². The number of rotatable bonds is 2. The van der Waals surface area contributed by atoms with Crippen molar-refractivity contribution in [3.63, 3.8) is 0 Å². The van der Waals surface area contributed by atoms with Crippen molar-refractivity contribution in [2.24, 2.45) is 46.3 Å². The molecule has 0 aromatic rings. The van der Waals surface area contributed by atoms with Crippen LogP contribution in [0.25, 0.3) is 0 Å². The average Bonchev–Trinajstić information content (AvgIpc) is 2.92. The number of ketones is 1. The van der Waals surface area contributed by atoms with Crippen molar-refractivity contribution >= 4 is 5.78 Å². The van der Waals surface area contributed by atoms with Gasteiger partial charge in [0.25, 0.3) is 0 Å². The molecule has 8 atom stereocenters. The van der Waals surface area contributed by atoms with Crippen LogP contribution in [0.5, 0.6) is 0 Å². The Morgan fingerprint density at radius 3 is 2.54 bits per heavy atom. The summed E-state index contributed by atoms with van der Waals surface area (Å²) in [6.07, 6.45) is 10.9. The van der Waals surface area contributed by atoms with Gasteiger partial charge in [0, 0.05) is 19.4 Å². The van der Waals surface area contributed by atoms with Crippen molar-refractivity contribution in [2.45, 2.75) is 78.6 Å². The molecule has 0 bridgehead atoms. The van der Waals surface area contributed by atoms with Gasteiger partial charge in [-0.3, -0.25) is 4.79 Å². The van der Waals surface area contributed by atoms with E-state index in [1.807, 2.05) is 0 Å². The minimum absolute atomic E-state index is 0.350. The minimum Gasteiger partial charge on any atom is -0.396 e. The highest BCUT2D eigenvalue weighted by Gasteiger charge is 2.60. The van der Waals surface area contributed by atoms with Gasteiger partial charge in [-0.25, -0.2) is 0 Å². The lowest BCUT2D eigenvalue weighted by atomic mass is 9.44. The maximum absolute atomic E-state index is 12.0. The molecule has 2 nitrogen and oxygen atoms in total. The first-order valence-corrected chi connectivity index (χ1v) is 10.5. The monoisotopic (exact) mass is 332 g/mol. The topological polar surface area (TPSA) is 37.3 Å². The zero-order chi connectivity index (χ0) is 17.1. The molecule has 0 radical (unpaired) electrons. The molecular formula is C22H36O2. The van der Waals surface area contributed by atoms with Crippen molar-refractivity contribution in [1.29, 1.82) is 0 Å². The smallest absolute Gasteiger partial charge is 0.133 e. The van der Waals surface area contributed by atoms with Crippen LogP contribution in [0.2, 0.25) is 0 Å². The van der Waals surface area contributed by atoms with Gasteiger partial charge in [0.2, 0.25) is 0 Å². The van der Waals surface area contributed by atoms with Crippen LogP contribution in [0, 0.1) is 46.3 Å². The van der Waals surface area contributed by atoms with E-state index in [2.05, 4.69) is 20.8 Å². The lowest BCUT2D eigenvalue weighted by Crippen LogP contribution is -2.53. The number of aliphatic hydroxyl groups excluding tert-OH is 1. The Labute approximate surface area is 147 Å². The molecule has 4 saturated carbocycles. The Balaban J connectivity index is 1.60. The van der Waals surface area contributed by atoms with Crippen LogP contribution in [0.15, 0.2) is 0 Å². The summed E-state index contributed by atoms with van der Waals surface area (Å²) in [4.78, 5) is 12.0. The molecule has 0 amide bonds. The Kier molecular flexibility index (Phi) is 4.14. The first-order valence-electron chi connectivity index (χ1n) is 10.5. The van der Waals surface area contributed by atoms with Crippen LogP contribution in [0.4, 0.5) is 0 Å². The summed E-state index contributed by atoms with van der Waals surface area (Å²) >= 11 is 0. The lowest BCUT2D eigenvalue weighted by molar-refractivity contribution is -0.140. The third kappa shape index (κ3) is 2.27. The highest BCUT2D eigenvalue weighted by atomic mass is 16.3. The predicted molar refractivity (Wildman–Crippen MR) is 96.5 cm³/mol. The molecule has 0 spiro atoms. The van der Waals surface area contributed by atoms with Gasteiger partial charge in [0.15, 0.2) is 0 Å². The first-order chi connectivity index (χ1) is 11.4. The van der Waals surface area contributed by atoms with E-state index in [9.17, 15) is 9.90 Å². The number of Topliss-reactive ketones (excluding diaryl/α,β-unsaturated/α-hetero) is 1. The SMILES string of the molecule is C[C@H](CO)[C@H]1CC[C@H]2[C@@H]3CC[C@@H]4CC(=O)CC[C@]4(C)[C@H]3CC[C@]12C. The highest BCUT2D eigenvalue weighted by Crippen LogP contribution is 2.67. The zero-order valence-corrected chi connectivity index (χ0v) is 15.9. The third-order valence-electron chi connectivity index (χ3n) is 9.53. The van der Waals surface area contributed by atoms with Gasteiger partial charge in [-0.2, -0.15) is 0 Å². The molecule has 4 fully saturated rings. The summed E-state index contributed by atoms with van der Waals surface area (Å²) in [7, 11) is 0. The summed E-state index contributed by atoms with van der Waals surface area (Å²) in [6.45, 7) is 7.70. The van der Waals surface area contributed by atoms with E-state index in [4.69, 9.17) is 0 Å². The Morgan fingerprint density at radius 1 is 1.04 bits per heavy atom. The molecule has 4 aliphatic rings. The summed E-state index contributed by atoms with van der Waals surface area (Å²) < 4.78 is 0. The van der Waals surface area contributed by atoms with E-state index in [-0.39, 0.29) is 0 Å². The molecule has 136 valence electrons. The largest absolute Gasteiger partial charge is 0.396 e. The van der Waals surface area contributed by atoms with Crippen molar-refractivity contribution in [1.82, 2.24) is 0 Å².